The fourth-order valence-corrected chi connectivity index (χ4v) is 1.37. The van der Waals surface area contributed by atoms with E-state index in [-0.39, 0.29) is 6.61 Å². The maximum atomic E-state index is 8.51. The molecule has 1 rings (SSSR count). The molecule has 0 bridgehead atoms. The van der Waals surface area contributed by atoms with Gasteiger partial charge in [0, 0.05) is 12.6 Å². The van der Waals surface area contributed by atoms with Crippen molar-refractivity contribution in [3.8, 4) is 0 Å². The van der Waals surface area contributed by atoms with Crippen LogP contribution in [0.1, 0.15) is 18.5 Å². The Labute approximate surface area is 91.1 Å². The van der Waals surface area contributed by atoms with Crippen LogP contribution in [-0.2, 0) is 4.74 Å². The average molecular weight is 209 g/mol. The van der Waals surface area contributed by atoms with Gasteiger partial charge in [-0.15, -0.1) is 0 Å². The van der Waals surface area contributed by atoms with Crippen molar-refractivity contribution in [3.63, 3.8) is 0 Å². The first kappa shape index (κ1) is 12.2. The standard InChI is InChI=1S/C12H19NO2/c1-11(12-5-3-2-4-6-12)13-7-9-15-10-8-14/h2-6,11,13-14H,7-10H2,1H3. The lowest BCUT2D eigenvalue weighted by molar-refractivity contribution is 0.0928. The van der Waals surface area contributed by atoms with Gasteiger partial charge in [0.25, 0.3) is 0 Å². The molecular weight excluding hydrogens is 190 g/mol. The van der Waals surface area contributed by atoms with Gasteiger partial charge in [-0.2, -0.15) is 0 Å². The van der Waals surface area contributed by atoms with Crippen LogP contribution in [0.3, 0.4) is 0 Å². The van der Waals surface area contributed by atoms with Gasteiger partial charge >= 0.3 is 0 Å². The van der Waals surface area contributed by atoms with Crippen LogP contribution in [0.4, 0.5) is 0 Å². The maximum Gasteiger partial charge on any atom is 0.0698 e. The molecule has 3 nitrogen and oxygen atoms in total. The molecule has 1 unspecified atom stereocenters. The molecule has 0 saturated heterocycles. The fraction of sp³-hybridized carbons (Fsp3) is 0.500. The highest BCUT2D eigenvalue weighted by atomic mass is 16.5. The summed E-state index contributed by atoms with van der Waals surface area (Å²) < 4.78 is 5.16. The number of rotatable bonds is 7. The Morgan fingerprint density at radius 3 is 2.67 bits per heavy atom. The van der Waals surface area contributed by atoms with Crippen molar-refractivity contribution in [2.75, 3.05) is 26.4 Å². The lowest BCUT2D eigenvalue weighted by Gasteiger charge is -2.13. The SMILES string of the molecule is CC(NCCOCCO)c1ccccc1. The molecule has 0 spiro atoms. The van der Waals surface area contributed by atoms with E-state index in [1.54, 1.807) is 0 Å². The first-order valence-electron chi connectivity index (χ1n) is 5.31. The van der Waals surface area contributed by atoms with Crippen LogP contribution in [0.15, 0.2) is 30.3 Å². The van der Waals surface area contributed by atoms with Gasteiger partial charge in [-0.05, 0) is 12.5 Å². The second-order valence-corrected chi connectivity index (χ2v) is 3.42. The summed E-state index contributed by atoms with van der Waals surface area (Å²) >= 11 is 0. The van der Waals surface area contributed by atoms with Crippen molar-refractivity contribution in [1.29, 1.82) is 0 Å². The van der Waals surface area contributed by atoms with E-state index in [0.717, 1.165) is 6.54 Å². The lowest BCUT2D eigenvalue weighted by Crippen LogP contribution is -2.23. The van der Waals surface area contributed by atoms with Gasteiger partial charge < -0.3 is 15.2 Å². The number of hydrogen-bond acceptors (Lipinski definition) is 3. The summed E-state index contributed by atoms with van der Waals surface area (Å²) in [6.45, 7) is 4.07. The number of benzene rings is 1. The summed E-state index contributed by atoms with van der Waals surface area (Å²) in [5.74, 6) is 0. The minimum absolute atomic E-state index is 0.0915. The molecule has 0 radical (unpaired) electrons. The minimum Gasteiger partial charge on any atom is -0.394 e. The Hall–Kier alpha value is -0.900. The van der Waals surface area contributed by atoms with Crippen molar-refractivity contribution >= 4 is 0 Å². The number of nitrogens with one attached hydrogen (secondary N) is 1. The first-order valence-corrected chi connectivity index (χ1v) is 5.31. The van der Waals surface area contributed by atoms with Crippen LogP contribution in [-0.4, -0.2) is 31.5 Å². The Balaban J connectivity index is 2.16. The summed E-state index contributed by atoms with van der Waals surface area (Å²) in [5.41, 5.74) is 1.28. The van der Waals surface area contributed by atoms with Crippen molar-refractivity contribution in [3.05, 3.63) is 35.9 Å². The summed E-state index contributed by atoms with van der Waals surface area (Å²) in [4.78, 5) is 0. The predicted octanol–water partition coefficient (Wildman–Crippen LogP) is 1.35. The molecule has 0 aliphatic carbocycles. The van der Waals surface area contributed by atoms with Gasteiger partial charge in [0.2, 0.25) is 0 Å². The molecule has 0 heterocycles. The average Bonchev–Trinajstić information content (AvgIpc) is 2.30. The van der Waals surface area contributed by atoms with Gasteiger partial charge in [0.15, 0.2) is 0 Å². The molecule has 0 aliphatic rings. The van der Waals surface area contributed by atoms with Gasteiger partial charge in [-0.3, -0.25) is 0 Å². The molecule has 0 aliphatic heterocycles. The monoisotopic (exact) mass is 209 g/mol. The van der Waals surface area contributed by atoms with E-state index in [4.69, 9.17) is 9.84 Å². The molecule has 0 aromatic heterocycles. The molecule has 15 heavy (non-hydrogen) atoms. The Kier molecular flexibility index (Phi) is 6.00. The summed E-state index contributed by atoms with van der Waals surface area (Å²) in [6, 6.07) is 10.6. The third-order valence-electron chi connectivity index (χ3n) is 2.23. The number of aliphatic hydroxyl groups is 1. The normalized spacial score (nSPS) is 12.7. The smallest absolute Gasteiger partial charge is 0.0698 e. The van der Waals surface area contributed by atoms with Gasteiger partial charge in [-0.25, -0.2) is 0 Å². The van der Waals surface area contributed by atoms with Gasteiger partial charge in [-0.1, -0.05) is 30.3 Å². The number of aliphatic hydroxyl groups excluding tert-OH is 1. The zero-order chi connectivity index (χ0) is 10.9. The van der Waals surface area contributed by atoms with Gasteiger partial charge in [0.05, 0.1) is 19.8 Å². The summed E-state index contributed by atoms with van der Waals surface area (Å²) in [5, 5.41) is 11.9. The topological polar surface area (TPSA) is 41.5 Å². The quantitative estimate of drug-likeness (QED) is 0.666. The molecule has 3 heteroatoms. The third-order valence-corrected chi connectivity index (χ3v) is 2.23. The van der Waals surface area contributed by atoms with Crippen LogP contribution in [0.5, 0.6) is 0 Å². The van der Waals surface area contributed by atoms with Crippen LogP contribution in [0.25, 0.3) is 0 Å². The molecule has 84 valence electrons. The van der Waals surface area contributed by atoms with Crippen molar-refractivity contribution in [2.45, 2.75) is 13.0 Å². The second-order valence-electron chi connectivity index (χ2n) is 3.42. The highest BCUT2D eigenvalue weighted by Crippen LogP contribution is 2.10. The second kappa shape index (κ2) is 7.40. The Morgan fingerprint density at radius 1 is 1.27 bits per heavy atom. The van der Waals surface area contributed by atoms with E-state index in [1.807, 2.05) is 18.2 Å². The lowest BCUT2D eigenvalue weighted by atomic mass is 10.1. The number of ether oxygens (including phenoxy) is 1. The van der Waals surface area contributed by atoms with Crippen LogP contribution >= 0.6 is 0 Å². The molecule has 1 atom stereocenters. The molecule has 0 fully saturated rings. The van der Waals surface area contributed by atoms with E-state index >= 15 is 0 Å². The summed E-state index contributed by atoms with van der Waals surface area (Å²) in [6.07, 6.45) is 0. The van der Waals surface area contributed by atoms with E-state index in [1.165, 1.54) is 5.56 Å². The first-order chi connectivity index (χ1) is 7.34. The highest BCUT2D eigenvalue weighted by molar-refractivity contribution is 5.17. The minimum atomic E-state index is 0.0915. The van der Waals surface area contributed by atoms with Crippen molar-refractivity contribution in [2.24, 2.45) is 0 Å². The van der Waals surface area contributed by atoms with Crippen LogP contribution in [0, 0.1) is 0 Å². The molecule has 1 aromatic rings. The van der Waals surface area contributed by atoms with Gasteiger partial charge in [0.1, 0.15) is 0 Å². The van der Waals surface area contributed by atoms with E-state index in [2.05, 4.69) is 24.4 Å². The molecule has 2 N–H and O–H groups in total. The van der Waals surface area contributed by atoms with Crippen LogP contribution in [0.2, 0.25) is 0 Å². The predicted molar refractivity (Wildman–Crippen MR) is 60.8 cm³/mol. The largest absolute Gasteiger partial charge is 0.394 e. The zero-order valence-corrected chi connectivity index (χ0v) is 9.15. The molecule has 0 saturated carbocycles. The third kappa shape index (κ3) is 4.93. The van der Waals surface area contributed by atoms with E-state index in [9.17, 15) is 0 Å². The zero-order valence-electron chi connectivity index (χ0n) is 9.15. The maximum absolute atomic E-state index is 8.51. The van der Waals surface area contributed by atoms with E-state index < -0.39 is 0 Å². The Bertz CT molecular complexity index is 251. The van der Waals surface area contributed by atoms with Crippen molar-refractivity contribution in [1.82, 2.24) is 5.32 Å². The van der Waals surface area contributed by atoms with E-state index in [0.29, 0.717) is 19.3 Å². The fourth-order valence-electron chi connectivity index (χ4n) is 1.37. The molecule has 0 amide bonds. The molecule has 1 aromatic carbocycles. The summed E-state index contributed by atoms with van der Waals surface area (Å²) in [7, 11) is 0. The Morgan fingerprint density at radius 2 is 2.00 bits per heavy atom. The van der Waals surface area contributed by atoms with Crippen molar-refractivity contribution < 1.29 is 9.84 Å². The highest BCUT2D eigenvalue weighted by Gasteiger charge is 2.02. The molecular formula is C12H19NO2. The number of hydrogen-bond donors (Lipinski definition) is 2. The van der Waals surface area contributed by atoms with Crippen LogP contribution < -0.4 is 5.32 Å².